The lowest BCUT2D eigenvalue weighted by Gasteiger charge is -2.04. The highest BCUT2D eigenvalue weighted by atomic mass is 35.5. The minimum Gasteiger partial charge on any atom is -0.224 e. The summed E-state index contributed by atoms with van der Waals surface area (Å²) in [5.41, 5.74) is -0.160. The van der Waals surface area contributed by atoms with Crippen molar-refractivity contribution in [2.75, 3.05) is 6.26 Å². The van der Waals surface area contributed by atoms with Crippen LogP contribution >= 0.6 is 11.6 Å². The Labute approximate surface area is 85.4 Å². The van der Waals surface area contributed by atoms with E-state index in [9.17, 15) is 17.2 Å². The third kappa shape index (κ3) is 2.22. The van der Waals surface area contributed by atoms with Crippen molar-refractivity contribution >= 4 is 21.4 Å². The lowest BCUT2D eigenvalue weighted by atomic mass is 10.2. The molecule has 0 N–H and O–H groups in total. The molecular formula is C8H7ClF2O2S. The Morgan fingerprint density at radius 2 is 1.93 bits per heavy atom. The van der Waals surface area contributed by atoms with Gasteiger partial charge in [0.05, 0.1) is 5.88 Å². The van der Waals surface area contributed by atoms with Gasteiger partial charge in [-0.3, -0.25) is 0 Å². The zero-order chi connectivity index (χ0) is 10.9. The lowest BCUT2D eigenvalue weighted by Crippen LogP contribution is -2.04. The zero-order valence-corrected chi connectivity index (χ0v) is 8.79. The summed E-state index contributed by atoms with van der Waals surface area (Å²) in [7, 11) is -3.76. The Hall–Kier alpha value is -0.680. The van der Waals surface area contributed by atoms with Crippen LogP contribution in [0, 0.1) is 11.6 Å². The van der Waals surface area contributed by atoms with E-state index in [1.807, 2.05) is 0 Å². The molecule has 0 atom stereocenters. The number of alkyl halides is 1. The fourth-order valence-electron chi connectivity index (χ4n) is 0.985. The van der Waals surface area contributed by atoms with Gasteiger partial charge in [-0.15, -0.1) is 11.6 Å². The normalized spacial score (nSPS) is 11.7. The molecule has 0 saturated carbocycles. The molecule has 0 spiro atoms. The summed E-state index contributed by atoms with van der Waals surface area (Å²) in [6, 6.07) is 1.51. The monoisotopic (exact) mass is 240 g/mol. The smallest absolute Gasteiger partial charge is 0.178 e. The van der Waals surface area contributed by atoms with Crippen LogP contribution in [0.5, 0.6) is 0 Å². The summed E-state index contributed by atoms with van der Waals surface area (Å²) in [5, 5.41) is 0. The fourth-order valence-corrected chi connectivity index (χ4v) is 1.96. The average molecular weight is 241 g/mol. The van der Waals surface area contributed by atoms with Gasteiger partial charge in [-0.05, 0) is 12.1 Å². The van der Waals surface area contributed by atoms with E-state index >= 15 is 0 Å². The average Bonchev–Trinajstić information content (AvgIpc) is 2.06. The number of halogens is 3. The van der Waals surface area contributed by atoms with Crippen molar-refractivity contribution < 1.29 is 17.2 Å². The van der Waals surface area contributed by atoms with Crippen LogP contribution in [-0.2, 0) is 15.7 Å². The standard InChI is InChI=1S/C8H7ClF2O2S/c1-14(12,13)7-3-6(10)2-5(4-9)8(7)11/h2-3H,4H2,1H3. The fraction of sp³-hybridized carbons (Fsp3) is 0.250. The van der Waals surface area contributed by atoms with Crippen molar-refractivity contribution in [3.05, 3.63) is 29.3 Å². The molecule has 0 heterocycles. The van der Waals surface area contributed by atoms with Gasteiger partial charge in [0.25, 0.3) is 0 Å². The first-order chi connectivity index (χ1) is 6.36. The first kappa shape index (κ1) is 11.4. The molecule has 0 radical (unpaired) electrons. The van der Waals surface area contributed by atoms with Crippen LogP contribution in [0.1, 0.15) is 5.56 Å². The Bertz CT molecular complexity index is 457. The topological polar surface area (TPSA) is 34.1 Å². The quantitative estimate of drug-likeness (QED) is 0.742. The van der Waals surface area contributed by atoms with Crippen LogP contribution in [0.3, 0.4) is 0 Å². The van der Waals surface area contributed by atoms with Gasteiger partial charge in [-0.1, -0.05) is 0 Å². The second-order valence-corrected chi connectivity index (χ2v) is 5.03. The molecule has 0 saturated heterocycles. The summed E-state index contributed by atoms with van der Waals surface area (Å²) in [5.74, 6) is -2.07. The van der Waals surface area contributed by atoms with Gasteiger partial charge in [0.2, 0.25) is 0 Å². The predicted molar refractivity (Wildman–Crippen MR) is 49.0 cm³/mol. The number of hydrogen-bond acceptors (Lipinski definition) is 2. The third-order valence-corrected chi connectivity index (χ3v) is 3.01. The van der Waals surface area contributed by atoms with Crippen molar-refractivity contribution in [1.29, 1.82) is 0 Å². The molecule has 0 aliphatic rings. The van der Waals surface area contributed by atoms with E-state index in [-0.39, 0.29) is 11.4 Å². The molecule has 78 valence electrons. The Kier molecular flexibility index (Phi) is 3.11. The van der Waals surface area contributed by atoms with Crippen molar-refractivity contribution in [2.45, 2.75) is 10.8 Å². The second kappa shape index (κ2) is 3.82. The maximum atomic E-state index is 13.3. The molecule has 2 nitrogen and oxygen atoms in total. The number of hydrogen-bond donors (Lipinski definition) is 0. The molecule has 0 amide bonds. The van der Waals surface area contributed by atoms with E-state index in [4.69, 9.17) is 11.6 Å². The molecule has 0 aliphatic carbocycles. The summed E-state index contributed by atoms with van der Waals surface area (Å²) >= 11 is 5.32. The van der Waals surface area contributed by atoms with Crippen molar-refractivity contribution in [1.82, 2.24) is 0 Å². The predicted octanol–water partition coefficient (Wildman–Crippen LogP) is 2.11. The van der Waals surface area contributed by atoms with Crippen molar-refractivity contribution in [3.63, 3.8) is 0 Å². The van der Waals surface area contributed by atoms with E-state index in [1.54, 1.807) is 0 Å². The second-order valence-electron chi connectivity index (χ2n) is 2.78. The highest BCUT2D eigenvalue weighted by molar-refractivity contribution is 7.90. The first-order valence-electron chi connectivity index (χ1n) is 3.60. The molecule has 1 aromatic carbocycles. The highest BCUT2D eigenvalue weighted by Crippen LogP contribution is 2.21. The van der Waals surface area contributed by atoms with Crippen LogP contribution in [0.25, 0.3) is 0 Å². The van der Waals surface area contributed by atoms with Crippen molar-refractivity contribution in [3.8, 4) is 0 Å². The summed E-state index contributed by atoms with van der Waals surface area (Å²) in [4.78, 5) is -0.659. The summed E-state index contributed by atoms with van der Waals surface area (Å²) in [6.07, 6.45) is 0.808. The van der Waals surface area contributed by atoms with E-state index < -0.39 is 26.4 Å². The molecule has 6 heteroatoms. The lowest BCUT2D eigenvalue weighted by molar-refractivity contribution is 0.548. The highest BCUT2D eigenvalue weighted by Gasteiger charge is 2.18. The van der Waals surface area contributed by atoms with Gasteiger partial charge in [0.1, 0.15) is 16.5 Å². The zero-order valence-electron chi connectivity index (χ0n) is 7.22. The minimum atomic E-state index is -3.76. The number of rotatable bonds is 2. The van der Waals surface area contributed by atoms with Crippen molar-refractivity contribution in [2.24, 2.45) is 0 Å². The van der Waals surface area contributed by atoms with E-state index in [0.717, 1.165) is 12.3 Å². The Balaban J connectivity index is 3.53. The molecule has 0 bridgehead atoms. The molecule has 14 heavy (non-hydrogen) atoms. The summed E-state index contributed by atoms with van der Waals surface area (Å²) < 4.78 is 48.2. The Morgan fingerprint density at radius 1 is 1.36 bits per heavy atom. The van der Waals surface area contributed by atoms with Crippen LogP contribution in [-0.4, -0.2) is 14.7 Å². The molecule has 0 aromatic heterocycles. The van der Waals surface area contributed by atoms with Crippen LogP contribution in [0.2, 0.25) is 0 Å². The van der Waals surface area contributed by atoms with Crippen LogP contribution in [0.4, 0.5) is 8.78 Å². The van der Waals surface area contributed by atoms with E-state index in [0.29, 0.717) is 6.07 Å². The SMILES string of the molecule is CS(=O)(=O)c1cc(F)cc(CCl)c1F. The van der Waals surface area contributed by atoms with Gasteiger partial charge in [-0.2, -0.15) is 0 Å². The number of benzene rings is 1. The summed E-state index contributed by atoms with van der Waals surface area (Å²) in [6.45, 7) is 0. The van der Waals surface area contributed by atoms with Gasteiger partial charge in [-0.25, -0.2) is 17.2 Å². The third-order valence-electron chi connectivity index (χ3n) is 1.62. The van der Waals surface area contributed by atoms with E-state index in [2.05, 4.69) is 0 Å². The number of sulfone groups is 1. The molecular weight excluding hydrogens is 234 g/mol. The van der Waals surface area contributed by atoms with Crippen LogP contribution in [0.15, 0.2) is 17.0 Å². The molecule has 1 aromatic rings. The van der Waals surface area contributed by atoms with Gasteiger partial charge < -0.3 is 0 Å². The van der Waals surface area contributed by atoms with Gasteiger partial charge in [0.15, 0.2) is 9.84 Å². The van der Waals surface area contributed by atoms with E-state index in [1.165, 1.54) is 0 Å². The molecule has 0 fully saturated rings. The molecule has 0 unspecified atom stereocenters. The Morgan fingerprint density at radius 3 is 2.36 bits per heavy atom. The van der Waals surface area contributed by atoms with Gasteiger partial charge in [0, 0.05) is 11.8 Å². The maximum Gasteiger partial charge on any atom is 0.178 e. The molecule has 1 rings (SSSR count). The first-order valence-corrected chi connectivity index (χ1v) is 6.03. The maximum absolute atomic E-state index is 13.3. The minimum absolute atomic E-state index is 0.160. The largest absolute Gasteiger partial charge is 0.224 e. The molecule has 0 aliphatic heterocycles. The van der Waals surface area contributed by atoms with Gasteiger partial charge >= 0.3 is 0 Å². The van der Waals surface area contributed by atoms with Crippen LogP contribution < -0.4 is 0 Å².